The van der Waals surface area contributed by atoms with E-state index in [9.17, 15) is 0 Å². The summed E-state index contributed by atoms with van der Waals surface area (Å²) >= 11 is 0. The van der Waals surface area contributed by atoms with E-state index < -0.39 is 0 Å². The second-order valence-corrected chi connectivity index (χ2v) is 3.71. The van der Waals surface area contributed by atoms with E-state index in [1.807, 2.05) is 0 Å². The van der Waals surface area contributed by atoms with Crippen LogP contribution in [0.4, 0.5) is 0 Å². The molecular formula is C10H14N4O. The quantitative estimate of drug-likeness (QED) is 0.815. The number of ether oxygens (including phenoxy) is 1. The molecule has 1 N–H and O–H groups in total. The molecular weight excluding hydrogens is 192 g/mol. The maximum Gasteiger partial charge on any atom is 0.180 e. The van der Waals surface area contributed by atoms with Crippen LogP contribution in [0.25, 0.3) is 11.2 Å². The number of aromatic amines is 1. The predicted molar refractivity (Wildman–Crippen MR) is 56.4 cm³/mol. The molecule has 0 saturated carbocycles. The molecule has 0 spiro atoms. The number of methoxy groups -OCH3 is 1. The molecule has 1 unspecified atom stereocenters. The van der Waals surface area contributed by atoms with Crippen molar-refractivity contribution in [2.24, 2.45) is 5.92 Å². The van der Waals surface area contributed by atoms with Gasteiger partial charge in [0.05, 0.1) is 6.20 Å². The number of fused-ring (bicyclic) bond motifs is 1. The van der Waals surface area contributed by atoms with Crippen LogP contribution in [0.2, 0.25) is 0 Å². The van der Waals surface area contributed by atoms with Gasteiger partial charge >= 0.3 is 0 Å². The maximum atomic E-state index is 5.08. The average Bonchev–Trinajstić information content (AvgIpc) is 2.59. The molecule has 1 atom stereocenters. The van der Waals surface area contributed by atoms with E-state index in [1.54, 1.807) is 13.3 Å². The predicted octanol–water partition coefficient (Wildman–Crippen LogP) is 1.18. The van der Waals surface area contributed by atoms with Crippen molar-refractivity contribution >= 4 is 11.2 Å². The van der Waals surface area contributed by atoms with E-state index in [2.05, 4.69) is 26.9 Å². The molecule has 0 aliphatic heterocycles. The Hall–Kier alpha value is -1.49. The highest BCUT2D eigenvalue weighted by Crippen LogP contribution is 2.10. The van der Waals surface area contributed by atoms with Crippen molar-refractivity contribution in [2.45, 2.75) is 13.3 Å². The van der Waals surface area contributed by atoms with Crippen molar-refractivity contribution in [1.29, 1.82) is 0 Å². The van der Waals surface area contributed by atoms with E-state index in [4.69, 9.17) is 4.74 Å². The Morgan fingerprint density at radius 3 is 3.13 bits per heavy atom. The number of nitrogens with one attached hydrogen (secondary N) is 1. The van der Waals surface area contributed by atoms with Gasteiger partial charge in [0.1, 0.15) is 17.7 Å². The normalized spacial score (nSPS) is 13.2. The van der Waals surface area contributed by atoms with E-state index in [0.29, 0.717) is 5.92 Å². The molecule has 0 aliphatic rings. The minimum absolute atomic E-state index is 0.448. The molecule has 0 saturated heterocycles. The first-order valence-electron chi connectivity index (χ1n) is 4.93. The van der Waals surface area contributed by atoms with Gasteiger partial charge in [-0.15, -0.1) is 0 Å². The monoisotopic (exact) mass is 206 g/mol. The molecule has 15 heavy (non-hydrogen) atoms. The van der Waals surface area contributed by atoms with Gasteiger partial charge in [-0.25, -0.2) is 15.0 Å². The van der Waals surface area contributed by atoms with E-state index >= 15 is 0 Å². The molecule has 2 aromatic rings. The zero-order chi connectivity index (χ0) is 10.7. The highest BCUT2D eigenvalue weighted by atomic mass is 16.5. The Morgan fingerprint density at radius 2 is 2.40 bits per heavy atom. The van der Waals surface area contributed by atoms with Crippen LogP contribution >= 0.6 is 0 Å². The molecule has 0 bridgehead atoms. The first-order chi connectivity index (χ1) is 7.29. The Bertz CT molecular complexity index is 407. The fraction of sp³-hybridized carbons (Fsp3) is 0.500. The summed E-state index contributed by atoms with van der Waals surface area (Å²) in [5.74, 6) is 1.39. The Kier molecular flexibility index (Phi) is 2.91. The molecule has 5 heteroatoms. The Labute approximate surface area is 87.9 Å². The SMILES string of the molecule is COCC(C)Cc1nc2ncncc2[nH]1. The van der Waals surface area contributed by atoms with Gasteiger partial charge in [-0.3, -0.25) is 0 Å². The Balaban J connectivity index is 2.15. The summed E-state index contributed by atoms with van der Waals surface area (Å²) in [5.41, 5.74) is 1.61. The summed E-state index contributed by atoms with van der Waals surface area (Å²) in [5, 5.41) is 0. The summed E-state index contributed by atoms with van der Waals surface area (Å²) in [6.07, 6.45) is 4.11. The number of hydrogen-bond acceptors (Lipinski definition) is 4. The van der Waals surface area contributed by atoms with Crippen molar-refractivity contribution < 1.29 is 4.74 Å². The fourth-order valence-corrected chi connectivity index (χ4v) is 1.58. The molecule has 5 nitrogen and oxygen atoms in total. The number of imidazole rings is 1. The third-order valence-corrected chi connectivity index (χ3v) is 2.20. The van der Waals surface area contributed by atoms with Gasteiger partial charge in [0.25, 0.3) is 0 Å². The maximum absolute atomic E-state index is 5.08. The zero-order valence-corrected chi connectivity index (χ0v) is 8.90. The summed E-state index contributed by atoms with van der Waals surface area (Å²) in [6.45, 7) is 2.87. The lowest BCUT2D eigenvalue weighted by molar-refractivity contribution is 0.159. The summed E-state index contributed by atoms with van der Waals surface area (Å²) in [6, 6.07) is 0. The van der Waals surface area contributed by atoms with Gasteiger partial charge in [-0.05, 0) is 5.92 Å². The zero-order valence-electron chi connectivity index (χ0n) is 8.90. The van der Waals surface area contributed by atoms with Crippen molar-refractivity contribution in [1.82, 2.24) is 19.9 Å². The molecule has 2 rings (SSSR count). The lowest BCUT2D eigenvalue weighted by Gasteiger charge is -2.06. The van der Waals surface area contributed by atoms with Gasteiger partial charge in [-0.1, -0.05) is 6.92 Å². The molecule has 0 aliphatic carbocycles. The van der Waals surface area contributed by atoms with Gasteiger partial charge < -0.3 is 9.72 Å². The summed E-state index contributed by atoms with van der Waals surface area (Å²) < 4.78 is 5.08. The molecule has 80 valence electrons. The van der Waals surface area contributed by atoms with Crippen LogP contribution in [0, 0.1) is 5.92 Å². The number of rotatable bonds is 4. The molecule has 2 aromatic heterocycles. The van der Waals surface area contributed by atoms with Crippen LogP contribution in [0.1, 0.15) is 12.7 Å². The van der Waals surface area contributed by atoms with Gasteiger partial charge in [0.15, 0.2) is 5.65 Å². The van der Waals surface area contributed by atoms with Crippen LogP contribution in [-0.2, 0) is 11.2 Å². The van der Waals surface area contributed by atoms with Gasteiger partial charge in [0.2, 0.25) is 0 Å². The van der Waals surface area contributed by atoms with Crippen molar-refractivity contribution in [3.05, 3.63) is 18.3 Å². The molecule has 0 fully saturated rings. The standard InChI is InChI=1S/C10H14N4O/c1-7(5-15-2)3-9-13-8-4-11-6-12-10(8)14-9/h4,6-7H,3,5H2,1-2H3,(H,11,12,13,14). The first-order valence-corrected chi connectivity index (χ1v) is 4.93. The molecule has 0 aromatic carbocycles. The van der Waals surface area contributed by atoms with Crippen molar-refractivity contribution in [2.75, 3.05) is 13.7 Å². The minimum Gasteiger partial charge on any atom is -0.384 e. The number of aromatic nitrogens is 4. The number of hydrogen-bond donors (Lipinski definition) is 1. The fourth-order valence-electron chi connectivity index (χ4n) is 1.58. The largest absolute Gasteiger partial charge is 0.384 e. The van der Waals surface area contributed by atoms with Gasteiger partial charge in [-0.2, -0.15) is 0 Å². The lowest BCUT2D eigenvalue weighted by Crippen LogP contribution is -2.07. The van der Waals surface area contributed by atoms with Crippen molar-refractivity contribution in [3.8, 4) is 0 Å². The smallest absolute Gasteiger partial charge is 0.180 e. The lowest BCUT2D eigenvalue weighted by atomic mass is 10.1. The molecule has 2 heterocycles. The summed E-state index contributed by atoms with van der Waals surface area (Å²) in [4.78, 5) is 15.6. The Morgan fingerprint density at radius 1 is 1.53 bits per heavy atom. The van der Waals surface area contributed by atoms with Crippen LogP contribution < -0.4 is 0 Å². The van der Waals surface area contributed by atoms with E-state index in [0.717, 1.165) is 30.0 Å². The average molecular weight is 206 g/mol. The molecule has 0 amide bonds. The topological polar surface area (TPSA) is 63.7 Å². The van der Waals surface area contributed by atoms with E-state index in [-0.39, 0.29) is 0 Å². The van der Waals surface area contributed by atoms with Crippen molar-refractivity contribution in [3.63, 3.8) is 0 Å². The third-order valence-electron chi connectivity index (χ3n) is 2.20. The molecule has 0 radical (unpaired) electrons. The third kappa shape index (κ3) is 2.30. The minimum atomic E-state index is 0.448. The van der Waals surface area contributed by atoms with Crippen LogP contribution in [0.5, 0.6) is 0 Å². The summed E-state index contributed by atoms with van der Waals surface area (Å²) in [7, 11) is 1.71. The number of nitrogens with zero attached hydrogens (tertiary/aromatic N) is 3. The second-order valence-electron chi connectivity index (χ2n) is 3.71. The second kappa shape index (κ2) is 4.35. The first kappa shape index (κ1) is 10.0. The van der Waals surface area contributed by atoms with Crippen LogP contribution in [0.3, 0.4) is 0 Å². The highest BCUT2D eigenvalue weighted by molar-refractivity contribution is 5.68. The van der Waals surface area contributed by atoms with Crippen LogP contribution in [0.15, 0.2) is 12.5 Å². The van der Waals surface area contributed by atoms with E-state index in [1.165, 1.54) is 6.33 Å². The number of H-pyrrole nitrogens is 1. The van der Waals surface area contributed by atoms with Crippen LogP contribution in [-0.4, -0.2) is 33.7 Å². The highest BCUT2D eigenvalue weighted by Gasteiger charge is 2.08. The van der Waals surface area contributed by atoms with Gasteiger partial charge in [0, 0.05) is 20.1 Å².